The van der Waals surface area contributed by atoms with Gasteiger partial charge >= 0.3 is 0 Å². The summed E-state index contributed by atoms with van der Waals surface area (Å²) in [7, 11) is -0.476. The first-order valence-electron chi connectivity index (χ1n) is 9.56. The van der Waals surface area contributed by atoms with Crippen LogP contribution < -0.4 is 9.47 Å². The van der Waals surface area contributed by atoms with Gasteiger partial charge in [0.25, 0.3) is 0 Å². The molecule has 30 heavy (non-hydrogen) atoms. The van der Waals surface area contributed by atoms with Crippen LogP contribution in [-0.4, -0.2) is 70.5 Å². The van der Waals surface area contributed by atoms with Gasteiger partial charge in [-0.25, -0.2) is 8.42 Å². The van der Waals surface area contributed by atoms with Gasteiger partial charge in [0.15, 0.2) is 0 Å². The Balaban J connectivity index is 1.48. The quantitative estimate of drug-likeness (QED) is 0.629. The second-order valence-corrected chi connectivity index (χ2v) is 8.74. The van der Waals surface area contributed by atoms with Gasteiger partial charge in [0.1, 0.15) is 18.1 Å². The van der Waals surface area contributed by atoms with E-state index in [0.717, 1.165) is 11.3 Å². The molecule has 9 heteroatoms. The van der Waals surface area contributed by atoms with E-state index in [1.807, 2.05) is 24.3 Å². The van der Waals surface area contributed by atoms with E-state index < -0.39 is 10.0 Å². The van der Waals surface area contributed by atoms with Crippen LogP contribution in [-0.2, 0) is 26.2 Å². The molecule has 1 fully saturated rings. The maximum atomic E-state index is 12.8. The van der Waals surface area contributed by atoms with E-state index >= 15 is 0 Å². The number of ether oxygens (including phenoxy) is 3. The van der Waals surface area contributed by atoms with Crippen LogP contribution in [0.4, 0.5) is 0 Å². The average Bonchev–Trinajstić information content (AvgIpc) is 2.79. The van der Waals surface area contributed by atoms with Crippen LogP contribution in [0.25, 0.3) is 0 Å². The third kappa shape index (κ3) is 5.29. The molecule has 0 aromatic heterocycles. The maximum absolute atomic E-state index is 12.8. The number of amides is 1. The lowest BCUT2D eigenvalue weighted by Crippen LogP contribution is -2.51. The van der Waals surface area contributed by atoms with Gasteiger partial charge < -0.3 is 19.1 Å². The Hall–Kier alpha value is -2.62. The van der Waals surface area contributed by atoms with Crippen molar-refractivity contribution in [3.05, 3.63) is 54.1 Å². The number of rotatable bonds is 8. The summed E-state index contributed by atoms with van der Waals surface area (Å²) in [5, 5.41) is 0. The lowest BCUT2D eigenvalue weighted by Gasteiger charge is -2.34. The number of carbonyl (C=O) groups excluding carboxylic acids is 1. The summed E-state index contributed by atoms with van der Waals surface area (Å²) in [5.74, 6) is 1.18. The van der Waals surface area contributed by atoms with Crippen molar-refractivity contribution in [2.24, 2.45) is 0 Å². The molecule has 1 amide bonds. The molecule has 0 N–H and O–H groups in total. The second-order valence-electron chi connectivity index (χ2n) is 6.80. The summed E-state index contributed by atoms with van der Waals surface area (Å²) < 4.78 is 42.7. The number of hydrogen-bond donors (Lipinski definition) is 0. The third-order valence-corrected chi connectivity index (χ3v) is 6.83. The smallest absolute Gasteiger partial charge is 0.248 e. The van der Waals surface area contributed by atoms with Crippen molar-refractivity contribution >= 4 is 15.9 Å². The van der Waals surface area contributed by atoms with E-state index in [1.165, 1.54) is 23.5 Å². The summed E-state index contributed by atoms with van der Waals surface area (Å²) in [4.78, 5) is 14.2. The zero-order chi connectivity index (χ0) is 21.6. The van der Waals surface area contributed by atoms with Crippen LogP contribution in [0.2, 0.25) is 0 Å². The van der Waals surface area contributed by atoms with Gasteiger partial charge in [-0.1, -0.05) is 12.1 Å². The first-order valence-corrected chi connectivity index (χ1v) is 11.0. The molecule has 0 spiro atoms. The van der Waals surface area contributed by atoms with Crippen molar-refractivity contribution in [3.8, 4) is 11.5 Å². The fraction of sp³-hybridized carbons (Fsp3) is 0.381. The van der Waals surface area contributed by atoms with Gasteiger partial charge in [0.2, 0.25) is 15.9 Å². The summed E-state index contributed by atoms with van der Waals surface area (Å²) in [6.07, 6.45) is 0. The van der Waals surface area contributed by atoms with Crippen molar-refractivity contribution in [3.63, 3.8) is 0 Å². The number of benzene rings is 2. The first kappa shape index (κ1) is 22.1. The average molecular weight is 435 g/mol. The second kappa shape index (κ2) is 9.92. The molecular formula is C21H26N2O6S. The van der Waals surface area contributed by atoms with Gasteiger partial charge in [0, 0.05) is 26.2 Å². The molecule has 8 nitrogen and oxygen atoms in total. The van der Waals surface area contributed by atoms with Crippen molar-refractivity contribution in [2.45, 2.75) is 11.5 Å². The fourth-order valence-corrected chi connectivity index (χ4v) is 4.61. The lowest BCUT2D eigenvalue weighted by molar-refractivity contribution is -0.137. The van der Waals surface area contributed by atoms with Gasteiger partial charge in [-0.05, 0) is 42.0 Å². The SMILES string of the molecule is COc1ccc(S(=O)(=O)N2CCN(C(=O)COCc3cccc(OC)c3)CC2)cc1. The Morgan fingerprint density at radius 2 is 1.60 bits per heavy atom. The van der Waals surface area contributed by atoms with Crippen LogP contribution in [0, 0.1) is 0 Å². The van der Waals surface area contributed by atoms with E-state index in [-0.39, 0.29) is 30.5 Å². The van der Waals surface area contributed by atoms with E-state index in [0.29, 0.717) is 25.4 Å². The predicted octanol–water partition coefficient (Wildman–Crippen LogP) is 1.75. The Morgan fingerprint density at radius 3 is 2.23 bits per heavy atom. The Labute approximate surface area is 177 Å². The van der Waals surface area contributed by atoms with Crippen LogP contribution in [0.1, 0.15) is 5.56 Å². The molecule has 0 atom stereocenters. The van der Waals surface area contributed by atoms with Crippen LogP contribution in [0.15, 0.2) is 53.4 Å². The molecule has 0 saturated carbocycles. The number of hydrogen-bond acceptors (Lipinski definition) is 6. The van der Waals surface area contributed by atoms with Crippen molar-refractivity contribution in [1.82, 2.24) is 9.21 Å². The van der Waals surface area contributed by atoms with Gasteiger partial charge in [-0.2, -0.15) is 4.31 Å². The van der Waals surface area contributed by atoms with Gasteiger partial charge in [-0.15, -0.1) is 0 Å². The fourth-order valence-electron chi connectivity index (χ4n) is 3.18. The van der Waals surface area contributed by atoms with Crippen molar-refractivity contribution in [1.29, 1.82) is 0 Å². The summed E-state index contributed by atoms with van der Waals surface area (Å²) >= 11 is 0. The van der Waals surface area contributed by atoms with Gasteiger partial charge in [-0.3, -0.25) is 4.79 Å². The monoisotopic (exact) mass is 434 g/mol. The molecule has 1 aliphatic rings. The minimum Gasteiger partial charge on any atom is -0.497 e. The van der Waals surface area contributed by atoms with Crippen LogP contribution in [0.5, 0.6) is 11.5 Å². The highest BCUT2D eigenvalue weighted by molar-refractivity contribution is 7.89. The highest BCUT2D eigenvalue weighted by atomic mass is 32.2. The largest absolute Gasteiger partial charge is 0.497 e. The maximum Gasteiger partial charge on any atom is 0.248 e. The Morgan fingerprint density at radius 1 is 0.933 bits per heavy atom. The molecule has 2 aromatic rings. The zero-order valence-electron chi connectivity index (χ0n) is 17.1. The number of nitrogens with zero attached hydrogens (tertiary/aromatic N) is 2. The molecule has 0 radical (unpaired) electrons. The molecule has 0 bridgehead atoms. The first-order chi connectivity index (χ1) is 14.4. The Bertz CT molecular complexity index is 954. The van der Waals surface area contributed by atoms with Gasteiger partial charge in [0.05, 0.1) is 25.7 Å². The van der Waals surface area contributed by atoms with Crippen LogP contribution in [0.3, 0.4) is 0 Å². The Kier molecular flexibility index (Phi) is 7.30. The summed E-state index contributed by atoms with van der Waals surface area (Å²) in [6, 6.07) is 13.7. The number of carbonyl (C=O) groups is 1. The predicted molar refractivity (Wildman–Crippen MR) is 111 cm³/mol. The van der Waals surface area contributed by atoms with Crippen molar-refractivity contribution in [2.75, 3.05) is 47.0 Å². The molecule has 3 rings (SSSR count). The minimum absolute atomic E-state index is 0.0531. The molecule has 1 heterocycles. The van der Waals surface area contributed by atoms with Crippen LogP contribution >= 0.6 is 0 Å². The highest BCUT2D eigenvalue weighted by Crippen LogP contribution is 2.21. The number of piperazine rings is 1. The highest BCUT2D eigenvalue weighted by Gasteiger charge is 2.30. The third-order valence-electron chi connectivity index (χ3n) is 4.92. The normalized spacial score (nSPS) is 15.1. The topological polar surface area (TPSA) is 85.4 Å². The molecule has 162 valence electrons. The zero-order valence-corrected chi connectivity index (χ0v) is 17.9. The molecule has 2 aromatic carbocycles. The van der Waals surface area contributed by atoms with E-state index in [1.54, 1.807) is 24.1 Å². The van der Waals surface area contributed by atoms with E-state index in [4.69, 9.17) is 14.2 Å². The molecule has 1 saturated heterocycles. The number of methoxy groups -OCH3 is 2. The lowest BCUT2D eigenvalue weighted by atomic mass is 10.2. The van der Waals surface area contributed by atoms with E-state index in [9.17, 15) is 13.2 Å². The van der Waals surface area contributed by atoms with Crippen molar-refractivity contribution < 1.29 is 27.4 Å². The molecular weight excluding hydrogens is 408 g/mol. The standard InChI is InChI=1S/C21H26N2O6S/c1-27-18-6-8-20(9-7-18)30(25,26)23-12-10-22(11-13-23)21(24)16-29-15-17-4-3-5-19(14-17)28-2/h3-9,14H,10-13,15-16H2,1-2H3. The molecule has 1 aliphatic heterocycles. The van der Waals surface area contributed by atoms with E-state index in [2.05, 4.69) is 0 Å². The molecule has 0 aliphatic carbocycles. The minimum atomic E-state index is -3.60. The summed E-state index contributed by atoms with van der Waals surface area (Å²) in [6.45, 7) is 1.40. The number of sulfonamides is 1. The molecule has 0 unspecified atom stereocenters. The summed E-state index contributed by atoms with van der Waals surface area (Å²) in [5.41, 5.74) is 0.914.